The normalized spacial score (nSPS) is 11.3. The minimum atomic E-state index is -3.61. The monoisotopic (exact) mass is 329 g/mol. The number of anilines is 1. The Balaban J connectivity index is 2.41. The van der Waals surface area contributed by atoms with Crippen LogP contribution in [0.15, 0.2) is 39.8 Å². The molecule has 0 bridgehead atoms. The summed E-state index contributed by atoms with van der Waals surface area (Å²) in [5, 5.41) is 12.0. The molecule has 1 heterocycles. The van der Waals surface area contributed by atoms with Crippen molar-refractivity contribution in [3.05, 3.63) is 46.9 Å². The third-order valence-electron chi connectivity index (χ3n) is 2.74. The summed E-state index contributed by atoms with van der Waals surface area (Å²) in [4.78, 5) is 11.1. The quantitative estimate of drug-likeness (QED) is 0.875. The van der Waals surface area contributed by atoms with Gasteiger partial charge in [-0.3, -0.25) is 0 Å². The second-order valence-electron chi connectivity index (χ2n) is 4.34. The maximum Gasteiger partial charge on any atom is 0.337 e. The molecule has 0 amide bonds. The molecule has 0 saturated heterocycles. The molecule has 21 heavy (non-hydrogen) atoms. The Bertz CT molecular complexity index is 768. The van der Waals surface area contributed by atoms with Crippen LogP contribution in [0.5, 0.6) is 0 Å². The van der Waals surface area contributed by atoms with Crippen molar-refractivity contribution in [2.45, 2.75) is 11.4 Å². The number of carboxylic acid groups (broad SMARTS) is 1. The van der Waals surface area contributed by atoms with Gasteiger partial charge in [0.05, 0.1) is 34.0 Å². The number of benzene rings is 1. The Labute approximate surface area is 126 Å². The smallest absolute Gasteiger partial charge is 0.337 e. The lowest BCUT2D eigenvalue weighted by atomic mass is 10.1. The van der Waals surface area contributed by atoms with Crippen LogP contribution in [0.4, 0.5) is 5.69 Å². The van der Waals surface area contributed by atoms with E-state index >= 15 is 0 Å². The van der Waals surface area contributed by atoms with Gasteiger partial charge in [0.15, 0.2) is 9.84 Å². The fourth-order valence-corrected chi connectivity index (χ4v) is 3.09. The van der Waals surface area contributed by atoms with Gasteiger partial charge in [0.2, 0.25) is 0 Å². The average molecular weight is 330 g/mol. The summed E-state index contributed by atoms with van der Waals surface area (Å²) in [5.41, 5.74) is 0.0441. The molecule has 0 aliphatic heterocycles. The van der Waals surface area contributed by atoms with E-state index in [1.165, 1.54) is 12.3 Å². The number of hydrogen-bond donors (Lipinski definition) is 2. The van der Waals surface area contributed by atoms with E-state index in [1.54, 1.807) is 12.1 Å². The molecule has 0 saturated carbocycles. The van der Waals surface area contributed by atoms with E-state index in [2.05, 4.69) is 5.32 Å². The lowest BCUT2D eigenvalue weighted by Gasteiger charge is -2.11. The van der Waals surface area contributed by atoms with Gasteiger partial charge in [-0.2, -0.15) is 0 Å². The van der Waals surface area contributed by atoms with E-state index in [0.717, 1.165) is 12.3 Å². The highest BCUT2D eigenvalue weighted by molar-refractivity contribution is 7.90. The van der Waals surface area contributed by atoms with Crippen molar-refractivity contribution in [1.82, 2.24) is 0 Å². The Morgan fingerprint density at radius 2 is 2.14 bits per heavy atom. The molecule has 112 valence electrons. The zero-order valence-corrected chi connectivity index (χ0v) is 12.5. The Hall–Kier alpha value is -1.99. The Kier molecular flexibility index (Phi) is 4.24. The van der Waals surface area contributed by atoms with Gasteiger partial charge in [0.1, 0.15) is 5.76 Å². The highest BCUT2D eigenvalue weighted by atomic mass is 35.5. The number of furan rings is 1. The fraction of sp³-hybridized carbons (Fsp3) is 0.154. The first kappa shape index (κ1) is 15.4. The second kappa shape index (κ2) is 5.79. The van der Waals surface area contributed by atoms with Gasteiger partial charge in [-0.05, 0) is 24.3 Å². The maximum absolute atomic E-state index is 11.6. The molecule has 2 aromatic rings. The molecule has 0 radical (unpaired) electrons. The SMILES string of the molecule is CS(=O)(=O)c1cc(C(=O)O)c(NCc2ccco2)cc1Cl. The van der Waals surface area contributed by atoms with Crippen molar-refractivity contribution in [2.75, 3.05) is 11.6 Å². The molecule has 2 N–H and O–H groups in total. The zero-order valence-electron chi connectivity index (χ0n) is 11.0. The summed E-state index contributed by atoms with van der Waals surface area (Å²) >= 11 is 5.92. The predicted molar refractivity (Wildman–Crippen MR) is 77.6 cm³/mol. The summed E-state index contributed by atoms with van der Waals surface area (Å²) in [5.74, 6) is -0.645. The van der Waals surface area contributed by atoms with Crippen molar-refractivity contribution < 1.29 is 22.7 Å². The number of carbonyl (C=O) groups is 1. The van der Waals surface area contributed by atoms with Crippen LogP contribution >= 0.6 is 11.6 Å². The number of carboxylic acids is 1. The molecule has 0 spiro atoms. The molecule has 1 aromatic carbocycles. The number of sulfone groups is 1. The number of hydrogen-bond acceptors (Lipinski definition) is 5. The van der Waals surface area contributed by atoms with E-state index in [-0.39, 0.29) is 27.7 Å². The van der Waals surface area contributed by atoms with Gasteiger partial charge in [-0.15, -0.1) is 0 Å². The molecule has 2 rings (SSSR count). The van der Waals surface area contributed by atoms with Crippen molar-refractivity contribution in [2.24, 2.45) is 0 Å². The van der Waals surface area contributed by atoms with E-state index < -0.39 is 15.8 Å². The highest BCUT2D eigenvalue weighted by Crippen LogP contribution is 2.29. The highest BCUT2D eigenvalue weighted by Gasteiger charge is 2.19. The molecule has 0 fully saturated rings. The van der Waals surface area contributed by atoms with Gasteiger partial charge >= 0.3 is 5.97 Å². The van der Waals surface area contributed by atoms with Gasteiger partial charge in [0, 0.05) is 6.26 Å². The number of rotatable bonds is 5. The van der Waals surface area contributed by atoms with Gasteiger partial charge in [-0.1, -0.05) is 11.6 Å². The third-order valence-corrected chi connectivity index (χ3v) is 4.30. The van der Waals surface area contributed by atoms with Crippen LogP contribution in [0, 0.1) is 0 Å². The molecule has 0 unspecified atom stereocenters. The number of halogens is 1. The fourth-order valence-electron chi connectivity index (χ4n) is 1.76. The van der Waals surface area contributed by atoms with Crippen molar-refractivity contribution >= 4 is 33.1 Å². The Morgan fingerprint density at radius 1 is 1.43 bits per heavy atom. The molecule has 0 aliphatic rings. The van der Waals surface area contributed by atoms with Gasteiger partial charge < -0.3 is 14.8 Å². The second-order valence-corrected chi connectivity index (χ2v) is 6.73. The standard InChI is InChI=1S/C13H12ClNO5S/c1-21(18,19)12-5-9(13(16)17)11(6-10(12)14)15-7-8-3-2-4-20-8/h2-6,15H,7H2,1H3,(H,16,17). The van der Waals surface area contributed by atoms with E-state index in [4.69, 9.17) is 16.0 Å². The van der Waals surface area contributed by atoms with Gasteiger partial charge in [0.25, 0.3) is 0 Å². The number of nitrogens with one attached hydrogen (secondary N) is 1. The van der Waals surface area contributed by atoms with E-state index in [1.807, 2.05) is 0 Å². The topological polar surface area (TPSA) is 96.6 Å². The predicted octanol–water partition coefficient (Wildman–Crippen LogP) is 2.65. The average Bonchev–Trinajstić information content (AvgIpc) is 2.87. The van der Waals surface area contributed by atoms with Crippen LogP contribution in [-0.2, 0) is 16.4 Å². The molecule has 1 aromatic heterocycles. The maximum atomic E-state index is 11.6. The van der Waals surface area contributed by atoms with Crippen molar-refractivity contribution in [1.29, 1.82) is 0 Å². The Morgan fingerprint density at radius 3 is 2.67 bits per heavy atom. The first-order valence-electron chi connectivity index (χ1n) is 5.82. The summed E-state index contributed by atoms with van der Waals surface area (Å²) in [6.07, 6.45) is 2.46. The van der Waals surface area contributed by atoms with Crippen LogP contribution in [0.25, 0.3) is 0 Å². The minimum absolute atomic E-state index is 0.0376. The molecule has 8 heteroatoms. The van der Waals surface area contributed by atoms with Crippen LogP contribution < -0.4 is 5.32 Å². The van der Waals surface area contributed by atoms with Crippen LogP contribution in [0.3, 0.4) is 0 Å². The molecule has 6 nitrogen and oxygen atoms in total. The molecule has 0 atom stereocenters. The van der Waals surface area contributed by atoms with Crippen LogP contribution in [0.1, 0.15) is 16.1 Å². The van der Waals surface area contributed by atoms with E-state index in [0.29, 0.717) is 5.76 Å². The van der Waals surface area contributed by atoms with Crippen molar-refractivity contribution in [3.63, 3.8) is 0 Å². The third kappa shape index (κ3) is 3.56. The lowest BCUT2D eigenvalue weighted by Crippen LogP contribution is -2.09. The number of aromatic carboxylic acids is 1. The lowest BCUT2D eigenvalue weighted by molar-refractivity contribution is 0.0697. The first-order valence-corrected chi connectivity index (χ1v) is 8.09. The van der Waals surface area contributed by atoms with Crippen molar-refractivity contribution in [3.8, 4) is 0 Å². The first-order chi connectivity index (χ1) is 9.79. The summed E-state index contributed by atoms with van der Waals surface area (Å²) < 4.78 is 28.3. The summed E-state index contributed by atoms with van der Waals surface area (Å²) in [6.45, 7) is 0.252. The summed E-state index contributed by atoms with van der Waals surface area (Å²) in [6, 6.07) is 5.75. The minimum Gasteiger partial charge on any atom is -0.478 e. The molecule has 0 aliphatic carbocycles. The summed E-state index contributed by atoms with van der Waals surface area (Å²) in [7, 11) is -3.61. The van der Waals surface area contributed by atoms with Gasteiger partial charge in [-0.25, -0.2) is 13.2 Å². The van der Waals surface area contributed by atoms with Crippen LogP contribution in [-0.4, -0.2) is 25.7 Å². The molecular formula is C13H12ClNO5S. The largest absolute Gasteiger partial charge is 0.478 e. The van der Waals surface area contributed by atoms with Crippen LogP contribution in [0.2, 0.25) is 5.02 Å². The molecular weight excluding hydrogens is 318 g/mol. The zero-order chi connectivity index (χ0) is 15.6. The van der Waals surface area contributed by atoms with E-state index in [9.17, 15) is 18.3 Å².